The molecular weight excluding hydrogens is 346 g/mol. The van der Waals surface area contributed by atoms with Crippen LogP contribution in [0.15, 0.2) is 18.2 Å². The Morgan fingerprint density at radius 1 is 1.12 bits per heavy atom. The van der Waals surface area contributed by atoms with Crippen molar-refractivity contribution in [3.8, 4) is 11.5 Å². The highest BCUT2D eigenvalue weighted by Gasteiger charge is 2.26. The molecule has 1 amide bonds. The standard InChI is InChI=1S/C16H25N3O5S/c1-17(13-5-6-14(23-2)15(11-13)24-3)12-16(20)18-7-9-19(10-8-18)25(4,21)22/h5-6,11H,7-10,12H2,1-4H3. The molecule has 2 rings (SSSR count). The van der Waals surface area contributed by atoms with Crippen LogP contribution in [-0.2, 0) is 14.8 Å². The highest BCUT2D eigenvalue weighted by molar-refractivity contribution is 7.88. The lowest BCUT2D eigenvalue weighted by Crippen LogP contribution is -2.52. The molecule has 0 unspecified atom stereocenters. The van der Waals surface area contributed by atoms with Crippen molar-refractivity contribution in [3.05, 3.63) is 18.2 Å². The average Bonchev–Trinajstić information content (AvgIpc) is 2.60. The van der Waals surface area contributed by atoms with Crippen molar-refractivity contribution < 1.29 is 22.7 Å². The van der Waals surface area contributed by atoms with E-state index in [1.165, 1.54) is 10.6 Å². The summed E-state index contributed by atoms with van der Waals surface area (Å²) in [6, 6.07) is 5.46. The summed E-state index contributed by atoms with van der Waals surface area (Å²) >= 11 is 0. The molecule has 8 nitrogen and oxygen atoms in total. The first-order chi connectivity index (χ1) is 11.8. The Bertz CT molecular complexity index is 714. The fourth-order valence-corrected chi connectivity index (χ4v) is 3.55. The van der Waals surface area contributed by atoms with Crippen LogP contribution in [0, 0.1) is 0 Å². The molecule has 1 aliphatic rings. The van der Waals surface area contributed by atoms with Gasteiger partial charge >= 0.3 is 0 Å². The molecular formula is C16H25N3O5S. The van der Waals surface area contributed by atoms with E-state index in [2.05, 4.69) is 0 Å². The molecule has 25 heavy (non-hydrogen) atoms. The van der Waals surface area contributed by atoms with E-state index >= 15 is 0 Å². The number of benzene rings is 1. The van der Waals surface area contributed by atoms with E-state index in [1.54, 1.807) is 25.2 Å². The summed E-state index contributed by atoms with van der Waals surface area (Å²) in [4.78, 5) is 16.0. The second-order valence-corrected chi connectivity index (χ2v) is 7.92. The number of nitrogens with zero attached hydrogens (tertiary/aromatic N) is 3. The number of piperazine rings is 1. The number of ether oxygens (including phenoxy) is 2. The highest BCUT2D eigenvalue weighted by Crippen LogP contribution is 2.31. The lowest BCUT2D eigenvalue weighted by atomic mass is 10.2. The van der Waals surface area contributed by atoms with E-state index in [0.717, 1.165) is 5.69 Å². The minimum Gasteiger partial charge on any atom is -0.493 e. The smallest absolute Gasteiger partial charge is 0.242 e. The predicted molar refractivity (Wildman–Crippen MR) is 95.8 cm³/mol. The van der Waals surface area contributed by atoms with E-state index < -0.39 is 10.0 Å². The fraction of sp³-hybridized carbons (Fsp3) is 0.562. The lowest BCUT2D eigenvalue weighted by molar-refractivity contribution is -0.130. The van der Waals surface area contributed by atoms with Gasteiger partial charge in [-0.05, 0) is 12.1 Å². The van der Waals surface area contributed by atoms with E-state index in [1.807, 2.05) is 24.1 Å². The topological polar surface area (TPSA) is 79.4 Å². The fourth-order valence-electron chi connectivity index (χ4n) is 2.73. The Labute approximate surface area is 149 Å². The molecule has 0 aliphatic carbocycles. The summed E-state index contributed by atoms with van der Waals surface area (Å²) in [5.41, 5.74) is 0.834. The first-order valence-corrected chi connectivity index (χ1v) is 9.77. The predicted octanol–water partition coefficient (Wildman–Crippen LogP) is 0.244. The summed E-state index contributed by atoms with van der Waals surface area (Å²) in [5, 5.41) is 0. The zero-order valence-corrected chi connectivity index (χ0v) is 15.9. The third kappa shape index (κ3) is 4.76. The maximum Gasteiger partial charge on any atom is 0.242 e. The van der Waals surface area contributed by atoms with Crippen molar-refractivity contribution in [2.45, 2.75) is 0 Å². The van der Waals surface area contributed by atoms with Gasteiger partial charge in [-0.15, -0.1) is 0 Å². The molecule has 1 aromatic rings. The number of sulfonamides is 1. The Balaban J connectivity index is 1.97. The van der Waals surface area contributed by atoms with Crippen molar-refractivity contribution in [3.63, 3.8) is 0 Å². The largest absolute Gasteiger partial charge is 0.493 e. The summed E-state index contributed by atoms with van der Waals surface area (Å²) in [5.74, 6) is 1.19. The number of amides is 1. The van der Waals surface area contributed by atoms with Gasteiger partial charge in [-0.25, -0.2) is 8.42 Å². The zero-order chi connectivity index (χ0) is 18.6. The molecule has 0 bridgehead atoms. The number of carbonyl (C=O) groups excluding carboxylic acids is 1. The van der Waals surface area contributed by atoms with Crippen LogP contribution in [0.2, 0.25) is 0 Å². The van der Waals surface area contributed by atoms with Gasteiger partial charge in [0.1, 0.15) is 0 Å². The van der Waals surface area contributed by atoms with Gasteiger partial charge in [0.25, 0.3) is 0 Å². The summed E-state index contributed by atoms with van der Waals surface area (Å²) in [7, 11) is 1.76. The van der Waals surface area contributed by atoms with Gasteiger partial charge < -0.3 is 19.3 Å². The van der Waals surface area contributed by atoms with Gasteiger partial charge in [-0.2, -0.15) is 4.31 Å². The molecule has 0 saturated carbocycles. The summed E-state index contributed by atoms with van der Waals surface area (Å²) in [6.45, 7) is 1.70. The normalized spacial score (nSPS) is 15.8. The quantitative estimate of drug-likeness (QED) is 0.713. The summed E-state index contributed by atoms with van der Waals surface area (Å²) < 4.78 is 35.0. The number of rotatable bonds is 6. The number of hydrogen-bond donors (Lipinski definition) is 0. The van der Waals surface area contributed by atoms with Gasteiger partial charge in [0, 0.05) is 45.0 Å². The number of methoxy groups -OCH3 is 2. The van der Waals surface area contributed by atoms with Crippen LogP contribution in [0.1, 0.15) is 0 Å². The SMILES string of the molecule is COc1ccc(N(C)CC(=O)N2CCN(S(C)(=O)=O)CC2)cc1OC. The molecule has 0 radical (unpaired) electrons. The molecule has 1 heterocycles. The maximum atomic E-state index is 12.5. The van der Waals surface area contributed by atoms with Gasteiger partial charge in [0.05, 0.1) is 27.0 Å². The third-order valence-corrected chi connectivity index (χ3v) is 5.54. The molecule has 0 atom stereocenters. The molecule has 0 aromatic heterocycles. The molecule has 1 saturated heterocycles. The van der Waals surface area contributed by atoms with Gasteiger partial charge in [-0.1, -0.05) is 0 Å². The number of carbonyl (C=O) groups is 1. The Hall–Kier alpha value is -2.00. The van der Waals surface area contributed by atoms with Crippen molar-refractivity contribution >= 4 is 21.6 Å². The second-order valence-electron chi connectivity index (χ2n) is 5.94. The van der Waals surface area contributed by atoms with Crippen LogP contribution in [0.5, 0.6) is 11.5 Å². The van der Waals surface area contributed by atoms with Gasteiger partial charge in [-0.3, -0.25) is 4.79 Å². The van der Waals surface area contributed by atoms with Crippen molar-refractivity contribution in [2.24, 2.45) is 0 Å². The minimum absolute atomic E-state index is 0.0366. The molecule has 1 aliphatic heterocycles. The first kappa shape index (κ1) is 19.3. The molecule has 140 valence electrons. The first-order valence-electron chi connectivity index (χ1n) is 7.92. The molecule has 0 spiro atoms. The Morgan fingerprint density at radius 2 is 1.72 bits per heavy atom. The average molecular weight is 371 g/mol. The van der Waals surface area contributed by atoms with Crippen molar-refractivity contribution in [1.82, 2.24) is 9.21 Å². The highest BCUT2D eigenvalue weighted by atomic mass is 32.2. The third-order valence-electron chi connectivity index (χ3n) is 4.24. The zero-order valence-electron chi connectivity index (χ0n) is 15.1. The molecule has 0 N–H and O–H groups in total. The molecule has 9 heteroatoms. The number of hydrogen-bond acceptors (Lipinski definition) is 6. The number of anilines is 1. The van der Waals surface area contributed by atoms with Crippen LogP contribution in [0.25, 0.3) is 0 Å². The van der Waals surface area contributed by atoms with Crippen LogP contribution in [0.3, 0.4) is 0 Å². The van der Waals surface area contributed by atoms with E-state index in [-0.39, 0.29) is 12.5 Å². The summed E-state index contributed by atoms with van der Waals surface area (Å²) in [6.07, 6.45) is 1.19. The second kappa shape index (κ2) is 7.92. The van der Waals surface area contributed by atoms with Crippen LogP contribution < -0.4 is 14.4 Å². The van der Waals surface area contributed by atoms with Crippen LogP contribution in [-0.4, -0.2) is 83.8 Å². The Morgan fingerprint density at radius 3 is 2.24 bits per heavy atom. The van der Waals surface area contributed by atoms with Crippen molar-refractivity contribution in [1.29, 1.82) is 0 Å². The van der Waals surface area contributed by atoms with E-state index in [0.29, 0.717) is 37.7 Å². The maximum absolute atomic E-state index is 12.5. The van der Waals surface area contributed by atoms with Gasteiger partial charge in [0.15, 0.2) is 11.5 Å². The van der Waals surface area contributed by atoms with Crippen LogP contribution in [0.4, 0.5) is 5.69 Å². The number of likely N-dealkylation sites (N-methyl/N-ethyl adjacent to an activating group) is 1. The van der Waals surface area contributed by atoms with Crippen molar-refractivity contribution in [2.75, 3.05) is 65.1 Å². The minimum atomic E-state index is -3.20. The monoisotopic (exact) mass is 371 g/mol. The molecule has 1 fully saturated rings. The lowest BCUT2D eigenvalue weighted by Gasteiger charge is -2.34. The van der Waals surface area contributed by atoms with Gasteiger partial charge in [0.2, 0.25) is 15.9 Å². The Kier molecular flexibility index (Phi) is 6.12. The van der Waals surface area contributed by atoms with E-state index in [9.17, 15) is 13.2 Å². The van der Waals surface area contributed by atoms with E-state index in [4.69, 9.17) is 9.47 Å². The molecule has 1 aromatic carbocycles. The van der Waals surface area contributed by atoms with Crippen LogP contribution >= 0.6 is 0 Å².